The molecule has 0 amide bonds. The van der Waals surface area contributed by atoms with Crippen LogP contribution in [0.1, 0.15) is 0 Å². The van der Waals surface area contributed by atoms with Crippen molar-refractivity contribution >= 4 is 28.4 Å². The number of para-hydroxylation sites is 1. The van der Waals surface area contributed by atoms with Crippen LogP contribution in [0.3, 0.4) is 0 Å². The molecule has 0 aliphatic carbocycles. The molecule has 173 valence electrons. The highest BCUT2D eigenvalue weighted by atomic mass is 16.5. The van der Waals surface area contributed by atoms with Gasteiger partial charge in [-0.2, -0.15) is 4.98 Å². The lowest BCUT2D eigenvalue weighted by Gasteiger charge is -2.34. The number of anilines is 3. The molecule has 8 heteroatoms. The molecular weight excluding hydrogens is 428 g/mol. The van der Waals surface area contributed by atoms with Gasteiger partial charge in [-0.1, -0.05) is 24.3 Å². The maximum Gasteiger partial charge on any atom is 0.227 e. The first-order valence-corrected chi connectivity index (χ1v) is 11.4. The lowest BCUT2D eigenvalue weighted by molar-refractivity contribution is 0.196. The molecule has 1 saturated heterocycles. The van der Waals surface area contributed by atoms with Crippen molar-refractivity contribution in [2.75, 3.05) is 56.7 Å². The molecule has 1 N–H and O–H groups in total. The summed E-state index contributed by atoms with van der Waals surface area (Å²) < 4.78 is 11.2. The van der Waals surface area contributed by atoms with Crippen molar-refractivity contribution in [1.29, 1.82) is 0 Å². The highest BCUT2D eigenvalue weighted by Crippen LogP contribution is 2.25. The van der Waals surface area contributed by atoms with E-state index >= 15 is 0 Å². The minimum atomic E-state index is 0.607. The SMILES string of the molecule is COc1c[c]ccc1OCCN1CCN(c2nccc(Nc3cnc4ccccc4c3)n2)CC1. The van der Waals surface area contributed by atoms with E-state index in [-0.39, 0.29) is 0 Å². The van der Waals surface area contributed by atoms with Crippen LogP contribution in [0, 0.1) is 6.07 Å². The van der Waals surface area contributed by atoms with Crippen LogP contribution in [-0.2, 0) is 0 Å². The number of hydrogen-bond donors (Lipinski definition) is 1. The van der Waals surface area contributed by atoms with Gasteiger partial charge in [-0.05, 0) is 36.4 Å². The summed E-state index contributed by atoms with van der Waals surface area (Å²) in [6.07, 6.45) is 3.62. The Hall–Kier alpha value is -3.91. The molecule has 1 radical (unpaired) electrons. The van der Waals surface area contributed by atoms with Gasteiger partial charge in [-0.25, -0.2) is 4.98 Å². The van der Waals surface area contributed by atoms with Crippen LogP contribution < -0.4 is 19.7 Å². The van der Waals surface area contributed by atoms with Gasteiger partial charge in [-0.3, -0.25) is 9.88 Å². The van der Waals surface area contributed by atoms with Gasteiger partial charge in [-0.15, -0.1) is 0 Å². The van der Waals surface area contributed by atoms with E-state index in [1.165, 1.54) is 0 Å². The van der Waals surface area contributed by atoms with Crippen molar-refractivity contribution < 1.29 is 9.47 Å². The molecule has 0 bridgehead atoms. The van der Waals surface area contributed by atoms with Gasteiger partial charge in [0.15, 0.2) is 11.5 Å². The first kappa shape index (κ1) is 21.9. The molecule has 1 fully saturated rings. The third-order valence-electron chi connectivity index (χ3n) is 5.83. The van der Waals surface area contributed by atoms with Gasteiger partial charge in [0.05, 0.1) is 24.5 Å². The fourth-order valence-corrected chi connectivity index (χ4v) is 3.99. The number of hydrogen-bond acceptors (Lipinski definition) is 8. The third kappa shape index (κ3) is 5.18. The molecular formula is C26H27N6O2. The van der Waals surface area contributed by atoms with Crippen molar-refractivity contribution in [3.63, 3.8) is 0 Å². The molecule has 0 spiro atoms. The Bertz CT molecular complexity index is 1240. The second-order valence-electron chi connectivity index (χ2n) is 8.04. The van der Waals surface area contributed by atoms with E-state index in [0.717, 1.165) is 66.8 Å². The van der Waals surface area contributed by atoms with E-state index in [9.17, 15) is 0 Å². The zero-order valence-corrected chi connectivity index (χ0v) is 19.1. The predicted octanol–water partition coefficient (Wildman–Crippen LogP) is 3.78. The topological polar surface area (TPSA) is 75.6 Å². The average Bonchev–Trinajstić information content (AvgIpc) is 2.89. The summed E-state index contributed by atoms with van der Waals surface area (Å²) in [4.78, 5) is 18.4. The van der Waals surface area contributed by atoms with Crippen molar-refractivity contribution in [3.8, 4) is 11.5 Å². The second-order valence-corrected chi connectivity index (χ2v) is 8.04. The number of piperazine rings is 1. The number of aromatic nitrogens is 3. The van der Waals surface area contributed by atoms with Crippen molar-refractivity contribution in [1.82, 2.24) is 19.9 Å². The van der Waals surface area contributed by atoms with Gasteiger partial charge in [0.1, 0.15) is 12.4 Å². The molecule has 0 unspecified atom stereocenters. The molecule has 1 aliphatic heterocycles. The minimum Gasteiger partial charge on any atom is -0.493 e. The summed E-state index contributed by atoms with van der Waals surface area (Å²) in [5, 5.41) is 4.45. The number of rotatable bonds is 8. The Morgan fingerprint density at radius 2 is 1.91 bits per heavy atom. The summed E-state index contributed by atoms with van der Waals surface area (Å²) in [6, 6.07) is 20.5. The van der Waals surface area contributed by atoms with E-state index in [1.54, 1.807) is 19.4 Å². The van der Waals surface area contributed by atoms with Gasteiger partial charge in [0.2, 0.25) is 5.95 Å². The minimum absolute atomic E-state index is 0.607. The first-order chi connectivity index (χ1) is 16.8. The molecule has 8 nitrogen and oxygen atoms in total. The quantitative estimate of drug-likeness (QED) is 0.430. The second kappa shape index (κ2) is 10.4. The molecule has 5 rings (SSSR count). The summed E-state index contributed by atoms with van der Waals surface area (Å²) in [7, 11) is 1.64. The standard InChI is InChI=1S/C26H27N6O2/c1-33-23-8-4-5-9-24(23)34-17-16-31-12-14-32(15-13-31)26-27-11-10-25(30-26)29-21-18-20-6-2-3-7-22(20)28-19-21/h2-3,5-11,18-19H,12-17H2,1H3,(H,27,29,30). The summed E-state index contributed by atoms with van der Waals surface area (Å²) in [6.45, 7) is 5.05. The van der Waals surface area contributed by atoms with E-state index < -0.39 is 0 Å². The largest absolute Gasteiger partial charge is 0.493 e. The highest BCUT2D eigenvalue weighted by Gasteiger charge is 2.19. The zero-order chi connectivity index (χ0) is 23.2. The van der Waals surface area contributed by atoms with Crippen LogP contribution in [0.4, 0.5) is 17.5 Å². The van der Waals surface area contributed by atoms with Crippen molar-refractivity contribution in [2.45, 2.75) is 0 Å². The highest BCUT2D eigenvalue weighted by molar-refractivity contribution is 5.82. The Morgan fingerprint density at radius 3 is 2.79 bits per heavy atom. The molecule has 1 aliphatic rings. The fraction of sp³-hybridized carbons (Fsp3) is 0.269. The van der Waals surface area contributed by atoms with E-state index in [4.69, 9.17) is 14.5 Å². The van der Waals surface area contributed by atoms with E-state index in [0.29, 0.717) is 12.4 Å². The molecule has 2 aromatic carbocycles. The molecule has 0 atom stereocenters. The van der Waals surface area contributed by atoms with Gasteiger partial charge in [0, 0.05) is 44.3 Å². The number of ether oxygens (including phenoxy) is 2. The number of benzene rings is 2. The smallest absolute Gasteiger partial charge is 0.227 e. The van der Waals surface area contributed by atoms with Crippen molar-refractivity contribution in [3.05, 3.63) is 73.1 Å². The normalized spacial score (nSPS) is 14.2. The van der Waals surface area contributed by atoms with Crippen molar-refractivity contribution in [2.24, 2.45) is 0 Å². The molecule has 4 aromatic rings. The lowest BCUT2D eigenvalue weighted by Crippen LogP contribution is -2.48. The summed E-state index contributed by atoms with van der Waals surface area (Å²) >= 11 is 0. The predicted molar refractivity (Wildman–Crippen MR) is 133 cm³/mol. The zero-order valence-electron chi connectivity index (χ0n) is 19.1. The van der Waals surface area contributed by atoms with Gasteiger partial charge < -0.3 is 19.7 Å². The molecule has 3 heterocycles. The third-order valence-corrected chi connectivity index (χ3v) is 5.83. The maximum absolute atomic E-state index is 5.90. The van der Waals surface area contributed by atoms with Crippen LogP contribution in [0.25, 0.3) is 10.9 Å². The van der Waals surface area contributed by atoms with Crippen LogP contribution in [0.2, 0.25) is 0 Å². The Morgan fingerprint density at radius 1 is 1.03 bits per heavy atom. The fourth-order valence-electron chi connectivity index (χ4n) is 3.99. The molecule has 0 saturated carbocycles. The van der Waals surface area contributed by atoms with Gasteiger partial charge >= 0.3 is 0 Å². The Balaban J connectivity index is 1.14. The van der Waals surface area contributed by atoms with Crippen LogP contribution in [0.5, 0.6) is 11.5 Å². The maximum atomic E-state index is 5.90. The number of nitrogens with zero attached hydrogens (tertiary/aromatic N) is 5. The first-order valence-electron chi connectivity index (χ1n) is 11.4. The number of pyridine rings is 1. The average molecular weight is 456 g/mol. The number of nitrogens with one attached hydrogen (secondary N) is 1. The molecule has 34 heavy (non-hydrogen) atoms. The Labute approximate surface area is 199 Å². The number of methoxy groups -OCH3 is 1. The van der Waals surface area contributed by atoms with E-state index in [1.807, 2.05) is 42.6 Å². The van der Waals surface area contributed by atoms with Gasteiger partial charge in [0.25, 0.3) is 0 Å². The summed E-state index contributed by atoms with van der Waals surface area (Å²) in [5.41, 5.74) is 1.88. The molecule has 2 aromatic heterocycles. The monoisotopic (exact) mass is 455 g/mol. The van der Waals surface area contributed by atoms with Crippen LogP contribution in [-0.4, -0.2) is 66.3 Å². The number of fused-ring (bicyclic) bond motifs is 1. The van der Waals surface area contributed by atoms with Crippen LogP contribution in [0.15, 0.2) is 67.0 Å². The summed E-state index contributed by atoms with van der Waals surface area (Å²) in [5.74, 6) is 2.95. The Kier molecular flexibility index (Phi) is 6.67. The van der Waals surface area contributed by atoms with E-state index in [2.05, 4.69) is 43.3 Å². The lowest BCUT2D eigenvalue weighted by atomic mass is 10.2. The van der Waals surface area contributed by atoms with Crippen LogP contribution >= 0.6 is 0 Å².